The smallest absolute Gasteiger partial charge is 0.490 e. The lowest BCUT2D eigenvalue weighted by molar-refractivity contribution is -0.192. The number of carbonyl (C=O) groups is 3. The van der Waals surface area contributed by atoms with Crippen molar-refractivity contribution in [1.82, 2.24) is 10.9 Å². The summed E-state index contributed by atoms with van der Waals surface area (Å²) in [6.07, 6.45) is -5.15. The summed E-state index contributed by atoms with van der Waals surface area (Å²) in [5.41, 5.74) is 12.4. The molecule has 0 spiro atoms. The van der Waals surface area contributed by atoms with Gasteiger partial charge in [0.15, 0.2) is 11.5 Å². The van der Waals surface area contributed by atoms with Gasteiger partial charge >= 0.3 is 12.1 Å². The van der Waals surface area contributed by atoms with Gasteiger partial charge in [0.25, 0.3) is 11.8 Å². The Balaban J connectivity index is 0.000000860. The van der Waals surface area contributed by atoms with Gasteiger partial charge in [-0.05, 0) is 74.9 Å². The lowest BCUT2D eigenvalue weighted by Gasteiger charge is -2.22. The van der Waals surface area contributed by atoms with E-state index in [1.807, 2.05) is 20.8 Å². The van der Waals surface area contributed by atoms with Gasteiger partial charge < -0.3 is 25.6 Å². The van der Waals surface area contributed by atoms with Crippen LogP contribution in [0.3, 0.4) is 0 Å². The van der Waals surface area contributed by atoms with Crippen LogP contribution in [-0.2, 0) is 9.59 Å². The fraction of sp³-hybridized carbons (Fsp3) is 0.241. The Morgan fingerprint density at radius 3 is 2.14 bits per heavy atom. The molecule has 15 heteroatoms. The number of hydrogen-bond acceptors (Lipinski definition) is 7. The number of amides is 2. The normalized spacial score (nSPS) is 11.4. The number of ether oxygens (including phenoxy) is 2. The molecule has 0 heterocycles. The standard InChI is InChI=1S/C27H30ClN5O4.C2HF3O2/c1-4-36-23-15-18(11-14-22(23)37-16(2)3)24(31-19-12-9-17(10-13-19)25(29)30)27(35)33-32-26(34)20-7-5-6-8-21(20)28;3-2(4,5)1(6)7/h5-16,24,31H,4H2,1-3H3,(H3,29,30)(H,32,34)(H,33,35);(H,6,7). The van der Waals surface area contributed by atoms with E-state index in [1.165, 1.54) is 0 Å². The van der Waals surface area contributed by atoms with Crippen molar-refractivity contribution in [1.29, 1.82) is 5.41 Å². The molecule has 0 aliphatic rings. The van der Waals surface area contributed by atoms with E-state index >= 15 is 0 Å². The molecule has 0 aromatic heterocycles. The van der Waals surface area contributed by atoms with Crippen molar-refractivity contribution in [2.24, 2.45) is 5.73 Å². The van der Waals surface area contributed by atoms with Gasteiger partial charge in [-0.2, -0.15) is 13.2 Å². The molecule has 1 atom stereocenters. The average Bonchev–Trinajstić information content (AvgIpc) is 2.95. The van der Waals surface area contributed by atoms with E-state index in [0.717, 1.165) is 0 Å². The van der Waals surface area contributed by atoms with Gasteiger partial charge in [0.2, 0.25) is 0 Å². The number of carbonyl (C=O) groups excluding carboxylic acids is 2. The third-order valence-electron chi connectivity index (χ3n) is 5.39. The molecule has 3 aromatic carbocycles. The molecule has 3 rings (SSSR count). The topological polar surface area (TPSA) is 176 Å². The molecule has 0 bridgehead atoms. The molecule has 44 heavy (non-hydrogen) atoms. The first kappa shape index (κ1) is 35.2. The van der Waals surface area contributed by atoms with Crippen LogP contribution in [-0.4, -0.2) is 47.6 Å². The molecule has 0 saturated carbocycles. The van der Waals surface area contributed by atoms with Crippen LogP contribution in [0.5, 0.6) is 11.5 Å². The van der Waals surface area contributed by atoms with E-state index in [-0.39, 0.29) is 22.5 Å². The summed E-state index contributed by atoms with van der Waals surface area (Å²) in [6, 6.07) is 17.6. The van der Waals surface area contributed by atoms with Gasteiger partial charge in [-0.1, -0.05) is 29.8 Å². The highest BCUT2D eigenvalue weighted by atomic mass is 35.5. The van der Waals surface area contributed by atoms with E-state index in [2.05, 4.69) is 16.2 Å². The van der Waals surface area contributed by atoms with E-state index in [0.29, 0.717) is 34.9 Å². The largest absolute Gasteiger partial charge is 0.490 e. The summed E-state index contributed by atoms with van der Waals surface area (Å²) in [5, 5.41) is 18.1. The first-order chi connectivity index (χ1) is 20.6. The highest BCUT2D eigenvalue weighted by Crippen LogP contribution is 2.33. The number of aliphatic carboxylic acids is 1. The maximum atomic E-state index is 13.3. The molecule has 1 unspecified atom stereocenters. The molecule has 236 valence electrons. The predicted octanol–water partition coefficient (Wildman–Crippen LogP) is 5.06. The van der Waals surface area contributed by atoms with Crippen LogP contribution in [0.4, 0.5) is 18.9 Å². The molecule has 0 radical (unpaired) electrons. The lowest BCUT2D eigenvalue weighted by Crippen LogP contribution is -2.45. The Hall–Kier alpha value is -4.98. The fourth-order valence-electron chi connectivity index (χ4n) is 3.44. The van der Waals surface area contributed by atoms with Crippen molar-refractivity contribution in [3.8, 4) is 11.5 Å². The zero-order valence-corrected chi connectivity index (χ0v) is 24.5. The molecule has 0 aliphatic carbocycles. The maximum absolute atomic E-state index is 13.3. The van der Waals surface area contributed by atoms with Gasteiger partial charge in [-0.15, -0.1) is 0 Å². The number of nitrogen functional groups attached to an aromatic ring is 1. The number of rotatable bonds is 10. The summed E-state index contributed by atoms with van der Waals surface area (Å²) in [5.74, 6) is -2.87. The summed E-state index contributed by atoms with van der Waals surface area (Å²) in [4.78, 5) is 34.8. The van der Waals surface area contributed by atoms with Crippen molar-refractivity contribution in [3.63, 3.8) is 0 Å². The van der Waals surface area contributed by atoms with E-state index < -0.39 is 30.0 Å². The van der Waals surface area contributed by atoms with Crippen LogP contribution < -0.4 is 31.4 Å². The second kappa shape index (κ2) is 16.0. The third kappa shape index (κ3) is 10.7. The monoisotopic (exact) mass is 637 g/mol. The summed E-state index contributed by atoms with van der Waals surface area (Å²) in [7, 11) is 0. The number of amidine groups is 1. The van der Waals surface area contributed by atoms with Crippen LogP contribution in [0, 0.1) is 5.41 Å². The quantitative estimate of drug-likeness (QED) is 0.102. The number of carboxylic acids is 1. The first-order valence-corrected chi connectivity index (χ1v) is 13.3. The van der Waals surface area contributed by atoms with Crippen LogP contribution in [0.2, 0.25) is 5.02 Å². The predicted molar refractivity (Wildman–Crippen MR) is 158 cm³/mol. The number of hydrogen-bond donors (Lipinski definition) is 6. The maximum Gasteiger partial charge on any atom is 0.490 e. The molecule has 7 N–H and O–H groups in total. The van der Waals surface area contributed by atoms with Crippen LogP contribution in [0.25, 0.3) is 0 Å². The second-order valence-electron chi connectivity index (χ2n) is 9.10. The summed E-state index contributed by atoms with van der Waals surface area (Å²) in [6.45, 7) is 6.08. The zero-order valence-electron chi connectivity index (χ0n) is 23.8. The Bertz CT molecular complexity index is 1470. The number of hydrazine groups is 1. The molecule has 0 aliphatic heterocycles. The minimum absolute atomic E-state index is 0.0646. The first-order valence-electron chi connectivity index (χ1n) is 12.9. The number of anilines is 1. The van der Waals surface area contributed by atoms with E-state index in [4.69, 9.17) is 42.1 Å². The van der Waals surface area contributed by atoms with Crippen molar-refractivity contribution in [3.05, 3.63) is 88.4 Å². The van der Waals surface area contributed by atoms with Crippen molar-refractivity contribution < 1.29 is 42.1 Å². The molecule has 3 aromatic rings. The van der Waals surface area contributed by atoms with Gasteiger partial charge in [-0.25, -0.2) is 4.79 Å². The number of nitrogens with two attached hydrogens (primary N) is 1. The van der Waals surface area contributed by atoms with E-state index in [9.17, 15) is 22.8 Å². The van der Waals surface area contributed by atoms with Gasteiger partial charge in [0, 0.05) is 11.3 Å². The van der Waals surface area contributed by atoms with Crippen LogP contribution in [0.1, 0.15) is 48.3 Å². The third-order valence-corrected chi connectivity index (χ3v) is 5.72. The van der Waals surface area contributed by atoms with Crippen molar-refractivity contribution in [2.75, 3.05) is 11.9 Å². The van der Waals surface area contributed by atoms with Crippen molar-refractivity contribution in [2.45, 2.75) is 39.1 Å². The number of alkyl halides is 3. The molecule has 2 amide bonds. The van der Waals surface area contributed by atoms with Gasteiger partial charge in [0.05, 0.1) is 23.3 Å². The minimum atomic E-state index is -5.08. The fourth-order valence-corrected chi connectivity index (χ4v) is 3.66. The Morgan fingerprint density at radius 2 is 1.61 bits per heavy atom. The molecule has 0 saturated heterocycles. The SMILES string of the molecule is CCOc1cc(C(Nc2ccc(C(=N)N)cc2)C(=O)NNC(=O)c2ccccc2Cl)ccc1OC(C)C.O=C(O)C(F)(F)F. The number of nitrogens with one attached hydrogen (secondary N) is 4. The Morgan fingerprint density at radius 1 is 1.00 bits per heavy atom. The average molecular weight is 638 g/mol. The molecule has 11 nitrogen and oxygen atoms in total. The van der Waals surface area contributed by atoms with Gasteiger partial charge in [0.1, 0.15) is 11.9 Å². The highest BCUT2D eigenvalue weighted by molar-refractivity contribution is 6.33. The van der Waals surface area contributed by atoms with Gasteiger partial charge in [-0.3, -0.25) is 25.8 Å². The highest BCUT2D eigenvalue weighted by Gasteiger charge is 2.38. The number of halogens is 4. The minimum Gasteiger partial charge on any atom is -0.490 e. The summed E-state index contributed by atoms with van der Waals surface area (Å²) >= 11 is 6.10. The Labute approximate surface area is 256 Å². The molecular formula is C29H31ClF3N5O6. The molecular weight excluding hydrogens is 607 g/mol. The lowest BCUT2D eigenvalue weighted by atomic mass is 10.0. The molecule has 0 fully saturated rings. The van der Waals surface area contributed by atoms with Crippen LogP contribution in [0.15, 0.2) is 66.7 Å². The zero-order chi connectivity index (χ0) is 33.0. The summed E-state index contributed by atoms with van der Waals surface area (Å²) < 4.78 is 43.3. The number of benzene rings is 3. The Kier molecular flexibility index (Phi) is 12.8. The second-order valence-corrected chi connectivity index (χ2v) is 9.51. The number of carboxylic acid groups (broad SMARTS) is 1. The van der Waals surface area contributed by atoms with Crippen molar-refractivity contribution >= 4 is 40.9 Å². The van der Waals surface area contributed by atoms with E-state index in [1.54, 1.807) is 66.7 Å². The van der Waals surface area contributed by atoms with Crippen LogP contribution >= 0.6 is 11.6 Å².